The fraction of sp³-hybridized carbons (Fsp3) is 0.478. The Labute approximate surface area is 167 Å². The molecule has 152 valence electrons. The molecular weight excluding hydrogens is 356 g/mol. The highest BCUT2D eigenvalue weighted by Gasteiger charge is 2.19. The van der Waals surface area contributed by atoms with Gasteiger partial charge < -0.3 is 14.2 Å². The second-order valence-corrected chi connectivity index (χ2v) is 6.81. The first-order valence-corrected chi connectivity index (χ1v) is 10.1. The molecule has 0 aliphatic carbocycles. The summed E-state index contributed by atoms with van der Waals surface area (Å²) in [5, 5.41) is 1.39. The van der Waals surface area contributed by atoms with Crippen molar-refractivity contribution < 1.29 is 23.8 Å². The molecule has 0 spiro atoms. The molecule has 2 aromatic rings. The van der Waals surface area contributed by atoms with Crippen LogP contribution in [0, 0.1) is 0 Å². The van der Waals surface area contributed by atoms with E-state index in [2.05, 4.69) is 13.8 Å². The molecule has 0 atom stereocenters. The van der Waals surface area contributed by atoms with E-state index in [1.54, 1.807) is 6.07 Å². The number of carbonyl (C=O) groups excluding carboxylic acids is 2. The topological polar surface area (TPSA) is 61.8 Å². The fourth-order valence-corrected chi connectivity index (χ4v) is 3.01. The van der Waals surface area contributed by atoms with Crippen molar-refractivity contribution in [1.82, 2.24) is 0 Å². The van der Waals surface area contributed by atoms with E-state index in [1.165, 1.54) is 7.11 Å². The smallest absolute Gasteiger partial charge is 0.311 e. The molecule has 0 saturated heterocycles. The van der Waals surface area contributed by atoms with Crippen molar-refractivity contribution in [1.29, 1.82) is 0 Å². The molecule has 2 rings (SSSR count). The average Bonchev–Trinajstić information content (AvgIpc) is 2.70. The zero-order chi connectivity index (χ0) is 20.4. The Morgan fingerprint density at radius 2 is 1.36 bits per heavy atom. The highest BCUT2D eigenvalue weighted by molar-refractivity contribution is 5.98. The van der Waals surface area contributed by atoms with E-state index < -0.39 is 0 Å². The molecule has 0 N–H and O–H groups in total. The van der Waals surface area contributed by atoms with Crippen molar-refractivity contribution in [3.05, 3.63) is 30.3 Å². The SMILES string of the molecule is CCCCCC(=O)Oc1cc(OC)c(OC(=O)CCCCC)c2ccccc12. The van der Waals surface area contributed by atoms with Crippen LogP contribution in [0.4, 0.5) is 0 Å². The monoisotopic (exact) mass is 386 g/mol. The first-order chi connectivity index (χ1) is 13.6. The number of rotatable bonds is 11. The summed E-state index contributed by atoms with van der Waals surface area (Å²) < 4.78 is 16.7. The molecule has 5 heteroatoms. The maximum Gasteiger partial charge on any atom is 0.311 e. The lowest BCUT2D eigenvalue weighted by molar-refractivity contribution is -0.135. The number of hydrogen-bond acceptors (Lipinski definition) is 5. The summed E-state index contributed by atoms with van der Waals surface area (Å²) >= 11 is 0. The van der Waals surface area contributed by atoms with Gasteiger partial charge in [0.05, 0.1) is 7.11 Å². The zero-order valence-electron chi connectivity index (χ0n) is 17.1. The largest absolute Gasteiger partial charge is 0.493 e. The number of ether oxygens (including phenoxy) is 3. The molecule has 0 aliphatic heterocycles. The molecular formula is C23H30O5. The predicted molar refractivity (Wildman–Crippen MR) is 110 cm³/mol. The Hall–Kier alpha value is -2.56. The molecule has 0 aliphatic rings. The van der Waals surface area contributed by atoms with E-state index in [0.717, 1.165) is 38.5 Å². The van der Waals surface area contributed by atoms with Crippen LogP contribution in [0.3, 0.4) is 0 Å². The van der Waals surface area contributed by atoms with Crippen molar-refractivity contribution in [2.75, 3.05) is 7.11 Å². The predicted octanol–water partition coefficient (Wildman–Crippen LogP) is 5.82. The second kappa shape index (κ2) is 11.3. The molecule has 0 aromatic heterocycles. The minimum Gasteiger partial charge on any atom is -0.493 e. The maximum absolute atomic E-state index is 12.2. The molecule has 0 fully saturated rings. The van der Waals surface area contributed by atoms with Crippen LogP contribution in [-0.4, -0.2) is 19.0 Å². The Morgan fingerprint density at radius 3 is 1.93 bits per heavy atom. The normalized spacial score (nSPS) is 10.7. The molecule has 5 nitrogen and oxygen atoms in total. The van der Waals surface area contributed by atoms with Gasteiger partial charge in [0.25, 0.3) is 0 Å². The van der Waals surface area contributed by atoms with Crippen LogP contribution in [0.5, 0.6) is 17.2 Å². The quantitative estimate of drug-likeness (QED) is 0.277. The highest BCUT2D eigenvalue weighted by Crippen LogP contribution is 2.41. The summed E-state index contributed by atoms with van der Waals surface area (Å²) in [6, 6.07) is 9.01. The molecule has 0 saturated carbocycles. The van der Waals surface area contributed by atoms with E-state index in [0.29, 0.717) is 40.9 Å². The highest BCUT2D eigenvalue weighted by atomic mass is 16.6. The summed E-state index contributed by atoms with van der Waals surface area (Å²) in [5.74, 6) is 0.593. The lowest BCUT2D eigenvalue weighted by Gasteiger charge is -2.15. The Bertz CT molecular complexity index is 797. The summed E-state index contributed by atoms with van der Waals surface area (Å²) in [4.78, 5) is 24.4. The molecule has 0 radical (unpaired) electrons. The first kappa shape index (κ1) is 21.7. The zero-order valence-corrected chi connectivity index (χ0v) is 17.1. The van der Waals surface area contributed by atoms with Gasteiger partial charge in [0.15, 0.2) is 11.5 Å². The van der Waals surface area contributed by atoms with E-state index in [-0.39, 0.29) is 11.9 Å². The number of esters is 2. The number of fused-ring (bicyclic) bond motifs is 1. The van der Waals surface area contributed by atoms with Crippen molar-refractivity contribution in [3.63, 3.8) is 0 Å². The Kier molecular flexibility index (Phi) is 8.79. The minimum atomic E-state index is -0.291. The molecule has 28 heavy (non-hydrogen) atoms. The van der Waals surface area contributed by atoms with E-state index in [1.807, 2.05) is 24.3 Å². The standard InChI is InChI=1S/C23H30O5/c1-4-6-8-14-21(24)27-19-16-20(26-3)23(18-13-11-10-12-17(18)19)28-22(25)15-9-7-5-2/h10-13,16H,4-9,14-15H2,1-3H3. The molecule has 2 aromatic carbocycles. The van der Waals surface area contributed by atoms with Crippen molar-refractivity contribution >= 4 is 22.7 Å². The first-order valence-electron chi connectivity index (χ1n) is 10.1. The number of hydrogen-bond donors (Lipinski definition) is 0. The Balaban J connectivity index is 2.29. The van der Waals surface area contributed by atoms with Gasteiger partial charge in [-0.3, -0.25) is 9.59 Å². The summed E-state index contributed by atoms with van der Waals surface area (Å²) in [7, 11) is 1.51. The third kappa shape index (κ3) is 5.98. The van der Waals surface area contributed by atoms with Crippen LogP contribution in [-0.2, 0) is 9.59 Å². The summed E-state index contributed by atoms with van der Waals surface area (Å²) in [5.41, 5.74) is 0. The van der Waals surface area contributed by atoms with Gasteiger partial charge in [-0.05, 0) is 12.8 Å². The van der Waals surface area contributed by atoms with Crippen LogP contribution in [0.1, 0.15) is 65.2 Å². The third-order valence-corrected chi connectivity index (χ3v) is 4.55. The lowest BCUT2D eigenvalue weighted by atomic mass is 10.1. The summed E-state index contributed by atoms with van der Waals surface area (Å²) in [6.07, 6.45) is 6.39. The van der Waals surface area contributed by atoms with Gasteiger partial charge in [0.2, 0.25) is 0 Å². The second-order valence-electron chi connectivity index (χ2n) is 6.81. The molecule has 0 unspecified atom stereocenters. The van der Waals surface area contributed by atoms with Gasteiger partial charge in [-0.15, -0.1) is 0 Å². The van der Waals surface area contributed by atoms with Crippen LogP contribution < -0.4 is 14.2 Å². The number of methoxy groups -OCH3 is 1. The van der Waals surface area contributed by atoms with Crippen LogP contribution in [0.25, 0.3) is 10.8 Å². The number of benzene rings is 2. The van der Waals surface area contributed by atoms with Gasteiger partial charge in [0, 0.05) is 29.7 Å². The van der Waals surface area contributed by atoms with Crippen molar-refractivity contribution in [3.8, 4) is 17.2 Å². The van der Waals surface area contributed by atoms with E-state index >= 15 is 0 Å². The van der Waals surface area contributed by atoms with Gasteiger partial charge in [-0.2, -0.15) is 0 Å². The lowest BCUT2D eigenvalue weighted by Crippen LogP contribution is -2.10. The van der Waals surface area contributed by atoms with Crippen LogP contribution in [0.15, 0.2) is 30.3 Å². The van der Waals surface area contributed by atoms with Crippen molar-refractivity contribution in [2.24, 2.45) is 0 Å². The fourth-order valence-electron chi connectivity index (χ4n) is 3.01. The average molecular weight is 386 g/mol. The third-order valence-electron chi connectivity index (χ3n) is 4.55. The van der Waals surface area contributed by atoms with Crippen LogP contribution in [0.2, 0.25) is 0 Å². The molecule has 0 heterocycles. The van der Waals surface area contributed by atoms with Crippen molar-refractivity contribution in [2.45, 2.75) is 65.2 Å². The number of carbonyl (C=O) groups is 2. The minimum absolute atomic E-state index is 0.273. The van der Waals surface area contributed by atoms with Crippen LogP contribution >= 0.6 is 0 Å². The number of unbranched alkanes of at least 4 members (excludes halogenated alkanes) is 4. The van der Waals surface area contributed by atoms with Gasteiger partial charge in [0.1, 0.15) is 5.75 Å². The molecule has 0 amide bonds. The van der Waals surface area contributed by atoms with E-state index in [9.17, 15) is 9.59 Å². The van der Waals surface area contributed by atoms with Gasteiger partial charge in [-0.1, -0.05) is 63.8 Å². The Morgan fingerprint density at radius 1 is 0.786 bits per heavy atom. The van der Waals surface area contributed by atoms with Gasteiger partial charge in [-0.25, -0.2) is 0 Å². The molecule has 0 bridgehead atoms. The van der Waals surface area contributed by atoms with E-state index in [4.69, 9.17) is 14.2 Å². The maximum atomic E-state index is 12.2. The summed E-state index contributed by atoms with van der Waals surface area (Å²) in [6.45, 7) is 4.18. The van der Waals surface area contributed by atoms with Gasteiger partial charge >= 0.3 is 11.9 Å².